The molecule has 1 heterocycles. The van der Waals surface area contributed by atoms with Crippen LogP contribution in [0.1, 0.15) is 32.6 Å². The number of fused-ring (bicyclic) bond motifs is 1. The SMILES string of the molecule is CB1OCc2ccc(NCc3ccc(C(=O)Cc4ccc([N+](=O)[O-])c(C)c4)cc3)cc21. The van der Waals surface area contributed by atoms with Crippen molar-refractivity contribution in [3.63, 3.8) is 0 Å². The first-order chi connectivity index (χ1) is 14.9. The van der Waals surface area contributed by atoms with Crippen molar-refractivity contribution in [1.82, 2.24) is 0 Å². The molecule has 0 radical (unpaired) electrons. The molecule has 3 aromatic rings. The molecule has 1 N–H and O–H groups in total. The van der Waals surface area contributed by atoms with Gasteiger partial charge in [-0.1, -0.05) is 43.2 Å². The fourth-order valence-corrected chi connectivity index (χ4v) is 3.85. The van der Waals surface area contributed by atoms with Crippen LogP contribution in [0, 0.1) is 17.0 Å². The van der Waals surface area contributed by atoms with Crippen molar-refractivity contribution in [3.8, 4) is 0 Å². The second kappa shape index (κ2) is 8.74. The van der Waals surface area contributed by atoms with Crippen molar-refractivity contribution in [2.24, 2.45) is 0 Å². The summed E-state index contributed by atoms with van der Waals surface area (Å²) in [5, 5.41) is 14.4. The monoisotopic (exact) mass is 414 g/mol. The van der Waals surface area contributed by atoms with Gasteiger partial charge < -0.3 is 9.97 Å². The normalized spacial score (nSPS) is 12.5. The van der Waals surface area contributed by atoms with Crippen molar-refractivity contribution < 1.29 is 14.4 Å². The molecule has 0 fully saturated rings. The standard InChI is InChI=1S/C24H23BN2O4/c1-16-11-18(5-10-23(16)27(29)30)12-24(28)19-6-3-17(4-7-19)14-26-21-9-8-20-15-31-25(2)22(20)13-21/h3-11,13,26H,12,14-15H2,1-2H3. The van der Waals surface area contributed by atoms with Gasteiger partial charge in [-0.2, -0.15) is 0 Å². The predicted octanol–water partition coefficient (Wildman–Crippen LogP) is 4.30. The molecule has 0 aliphatic carbocycles. The molecule has 0 amide bonds. The Kier molecular flexibility index (Phi) is 5.87. The molecular formula is C24H23BN2O4. The van der Waals surface area contributed by atoms with Gasteiger partial charge in [-0.25, -0.2) is 0 Å². The number of nitro benzene ring substituents is 1. The van der Waals surface area contributed by atoms with Crippen LogP contribution in [-0.4, -0.2) is 17.6 Å². The first kappa shape index (κ1) is 20.8. The molecule has 1 aliphatic rings. The summed E-state index contributed by atoms with van der Waals surface area (Å²) in [6.45, 7) is 5.20. The van der Waals surface area contributed by atoms with E-state index in [0.29, 0.717) is 24.3 Å². The zero-order valence-electron chi connectivity index (χ0n) is 17.6. The second-order valence-corrected chi connectivity index (χ2v) is 7.90. The molecule has 6 nitrogen and oxygen atoms in total. The highest BCUT2D eigenvalue weighted by molar-refractivity contribution is 6.67. The van der Waals surface area contributed by atoms with Gasteiger partial charge in [-0.05, 0) is 47.3 Å². The van der Waals surface area contributed by atoms with Crippen LogP contribution in [0.15, 0.2) is 60.7 Å². The summed E-state index contributed by atoms with van der Waals surface area (Å²) in [5.41, 5.74) is 6.62. The molecule has 4 rings (SSSR count). The van der Waals surface area contributed by atoms with E-state index in [0.717, 1.165) is 16.8 Å². The van der Waals surface area contributed by atoms with Crippen LogP contribution in [0.2, 0.25) is 6.82 Å². The van der Waals surface area contributed by atoms with Crippen LogP contribution in [0.25, 0.3) is 0 Å². The smallest absolute Gasteiger partial charge is 0.324 e. The van der Waals surface area contributed by atoms with Gasteiger partial charge >= 0.3 is 6.92 Å². The van der Waals surface area contributed by atoms with E-state index >= 15 is 0 Å². The maximum absolute atomic E-state index is 12.6. The molecule has 0 saturated carbocycles. The number of benzene rings is 3. The highest BCUT2D eigenvalue weighted by Crippen LogP contribution is 2.20. The maximum Gasteiger partial charge on any atom is 0.324 e. The van der Waals surface area contributed by atoms with Crippen LogP contribution in [0.5, 0.6) is 0 Å². The number of nitro groups is 1. The van der Waals surface area contributed by atoms with Crippen molar-refractivity contribution in [3.05, 3.63) is 98.6 Å². The summed E-state index contributed by atoms with van der Waals surface area (Å²) >= 11 is 0. The third-order valence-corrected chi connectivity index (χ3v) is 5.67. The van der Waals surface area contributed by atoms with Crippen LogP contribution in [-0.2, 0) is 24.2 Å². The number of Topliss-reactive ketones (excluding diaryl/α,β-unsaturated/α-hetero) is 1. The fourth-order valence-electron chi connectivity index (χ4n) is 3.85. The third kappa shape index (κ3) is 4.67. The number of hydrogen-bond acceptors (Lipinski definition) is 5. The van der Waals surface area contributed by atoms with Crippen LogP contribution in [0.3, 0.4) is 0 Å². The van der Waals surface area contributed by atoms with Gasteiger partial charge in [-0.15, -0.1) is 0 Å². The quantitative estimate of drug-likeness (QED) is 0.270. The molecule has 7 heteroatoms. The molecule has 31 heavy (non-hydrogen) atoms. The van der Waals surface area contributed by atoms with E-state index in [-0.39, 0.29) is 24.8 Å². The second-order valence-electron chi connectivity index (χ2n) is 7.90. The molecular weight excluding hydrogens is 391 g/mol. The lowest BCUT2D eigenvalue weighted by Crippen LogP contribution is -2.24. The van der Waals surface area contributed by atoms with Gasteiger partial charge in [0, 0.05) is 35.8 Å². The largest absolute Gasteiger partial charge is 0.427 e. The van der Waals surface area contributed by atoms with E-state index in [4.69, 9.17) is 4.65 Å². The molecule has 0 bridgehead atoms. The van der Waals surface area contributed by atoms with Crippen molar-refractivity contribution in [2.45, 2.75) is 33.3 Å². The maximum atomic E-state index is 12.6. The average Bonchev–Trinajstić information content (AvgIpc) is 3.12. The lowest BCUT2D eigenvalue weighted by Gasteiger charge is -2.10. The topological polar surface area (TPSA) is 81.5 Å². The number of nitrogens with one attached hydrogen (secondary N) is 1. The highest BCUT2D eigenvalue weighted by Gasteiger charge is 2.23. The Bertz CT molecular complexity index is 1140. The van der Waals surface area contributed by atoms with Crippen molar-refractivity contribution in [1.29, 1.82) is 0 Å². The Hall–Kier alpha value is -3.45. The molecule has 156 valence electrons. The number of carbonyl (C=O) groups excluding carboxylic acids is 1. The van der Waals surface area contributed by atoms with Crippen LogP contribution >= 0.6 is 0 Å². The Morgan fingerprint density at radius 1 is 1.10 bits per heavy atom. The zero-order valence-corrected chi connectivity index (χ0v) is 17.6. The number of ketones is 1. The summed E-state index contributed by atoms with van der Waals surface area (Å²) < 4.78 is 5.65. The van der Waals surface area contributed by atoms with Gasteiger partial charge in [-0.3, -0.25) is 14.9 Å². The highest BCUT2D eigenvalue weighted by atomic mass is 16.6. The number of aryl methyl sites for hydroxylation is 1. The summed E-state index contributed by atoms with van der Waals surface area (Å²) in [4.78, 5) is 23.1. The van der Waals surface area contributed by atoms with Crippen molar-refractivity contribution in [2.75, 3.05) is 5.32 Å². The fraction of sp³-hybridized carbons (Fsp3) is 0.208. The minimum absolute atomic E-state index is 0.0135. The summed E-state index contributed by atoms with van der Waals surface area (Å²) in [6, 6.07) is 18.6. The minimum Gasteiger partial charge on any atom is -0.427 e. The minimum atomic E-state index is -0.412. The van der Waals surface area contributed by atoms with E-state index in [9.17, 15) is 14.9 Å². The van der Waals surface area contributed by atoms with Gasteiger partial charge in [0.2, 0.25) is 0 Å². The molecule has 3 aromatic carbocycles. The first-order valence-corrected chi connectivity index (χ1v) is 10.2. The predicted molar refractivity (Wildman–Crippen MR) is 122 cm³/mol. The summed E-state index contributed by atoms with van der Waals surface area (Å²) in [5.74, 6) is -0.0135. The van der Waals surface area contributed by atoms with E-state index in [1.807, 2.05) is 24.3 Å². The number of rotatable bonds is 7. The van der Waals surface area contributed by atoms with Gasteiger partial charge in [0.25, 0.3) is 5.69 Å². The molecule has 1 aliphatic heterocycles. The third-order valence-electron chi connectivity index (χ3n) is 5.67. The summed E-state index contributed by atoms with van der Waals surface area (Å²) in [7, 11) is 0. The molecule has 0 saturated heterocycles. The summed E-state index contributed by atoms with van der Waals surface area (Å²) in [6.07, 6.45) is 0.214. The number of hydrogen-bond donors (Lipinski definition) is 1. The van der Waals surface area contributed by atoms with Crippen LogP contribution < -0.4 is 10.8 Å². The molecule has 0 atom stereocenters. The lowest BCUT2D eigenvalue weighted by molar-refractivity contribution is -0.385. The van der Waals surface area contributed by atoms with E-state index in [2.05, 4.69) is 30.3 Å². The number of anilines is 1. The van der Waals surface area contributed by atoms with Gasteiger partial charge in [0.05, 0.1) is 11.5 Å². The molecule has 0 aromatic heterocycles. The Balaban J connectivity index is 1.37. The van der Waals surface area contributed by atoms with E-state index < -0.39 is 4.92 Å². The van der Waals surface area contributed by atoms with Gasteiger partial charge in [0.15, 0.2) is 5.78 Å². The lowest BCUT2D eigenvalue weighted by atomic mass is 9.64. The molecule has 0 spiro atoms. The Morgan fingerprint density at radius 2 is 1.84 bits per heavy atom. The first-order valence-electron chi connectivity index (χ1n) is 10.2. The average molecular weight is 414 g/mol. The molecule has 0 unspecified atom stereocenters. The van der Waals surface area contributed by atoms with Crippen LogP contribution in [0.4, 0.5) is 11.4 Å². The van der Waals surface area contributed by atoms with Crippen molar-refractivity contribution >= 4 is 29.5 Å². The number of carbonyl (C=O) groups is 1. The number of nitrogens with zero attached hydrogens (tertiary/aromatic N) is 1. The van der Waals surface area contributed by atoms with Gasteiger partial charge in [0.1, 0.15) is 0 Å². The Morgan fingerprint density at radius 3 is 2.55 bits per heavy atom. The zero-order chi connectivity index (χ0) is 22.0. The van der Waals surface area contributed by atoms with E-state index in [1.165, 1.54) is 17.1 Å². The Labute approximate surface area is 181 Å². The van der Waals surface area contributed by atoms with E-state index in [1.54, 1.807) is 19.1 Å².